The minimum absolute atomic E-state index is 0.0102. The molecule has 0 radical (unpaired) electrons. The first-order valence-electron chi connectivity index (χ1n) is 10.5. The number of carbonyl (C=O) groups excluding carboxylic acids is 2. The molecule has 0 bridgehead atoms. The number of primary amides is 1. The van der Waals surface area contributed by atoms with Crippen LogP contribution < -0.4 is 15.8 Å². The topological polar surface area (TPSA) is 141 Å². The third-order valence-electron chi connectivity index (χ3n) is 4.83. The Morgan fingerprint density at radius 2 is 1.97 bits per heavy atom. The lowest BCUT2D eigenvalue weighted by Gasteiger charge is -2.30. The van der Waals surface area contributed by atoms with Gasteiger partial charge >= 0.3 is 6.09 Å². The number of pyridine rings is 1. The number of alkyl carbamates (subject to hydrolysis) is 1. The predicted octanol–water partition coefficient (Wildman–Crippen LogP) is 2.11. The lowest BCUT2D eigenvalue weighted by Crippen LogP contribution is -2.39. The fourth-order valence-electron chi connectivity index (χ4n) is 3.18. The van der Waals surface area contributed by atoms with E-state index in [-0.39, 0.29) is 47.7 Å². The van der Waals surface area contributed by atoms with Gasteiger partial charge in [0.15, 0.2) is 0 Å². The van der Waals surface area contributed by atoms with Crippen LogP contribution in [0.3, 0.4) is 0 Å². The first kappa shape index (κ1) is 26.5. The first-order valence-corrected chi connectivity index (χ1v) is 12.0. The van der Waals surface area contributed by atoms with Crippen LogP contribution in [-0.2, 0) is 19.6 Å². The molecule has 0 aromatic carbocycles. The Bertz CT molecular complexity index is 952. The Hall–Kier alpha value is -2.73. The number of aromatic nitrogens is 1. The van der Waals surface area contributed by atoms with Crippen LogP contribution in [0.2, 0.25) is 0 Å². The summed E-state index contributed by atoms with van der Waals surface area (Å²) < 4.78 is 50.6. The maximum absolute atomic E-state index is 13.1. The van der Waals surface area contributed by atoms with Gasteiger partial charge in [0.2, 0.25) is 21.8 Å². The summed E-state index contributed by atoms with van der Waals surface area (Å²) >= 11 is 0. The molecule has 2 heterocycles. The third kappa shape index (κ3) is 8.61. The molecule has 33 heavy (non-hydrogen) atoms. The van der Waals surface area contributed by atoms with Crippen molar-refractivity contribution in [3.63, 3.8) is 0 Å². The van der Waals surface area contributed by atoms with Gasteiger partial charge in [0.25, 0.3) is 0 Å². The maximum atomic E-state index is 13.1. The average molecular weight is 487 g/mol. The highest BCUT2D eigenvalue weighted by molar-refractivity contribution is 7.89. The number of sulfonamides is 1. The lowest BCUT2D eigenvalue weighted by atomic mass is 9.94. The molecule has 184 valence electrons. The van der Waals surface area contributed by atoms with E-state index in [9.17, 15) is 22.4 Å². The number of halogens is 1. The van der Waals surface area contributed by atoms with Crippen LogP contribution in [0.5, 0.6) is 5.88 Å². The van der Waals surface area contributed by atoms with Gasteiger partial charge in [0.1, 0.15) is 17.1 Å². The molecule has 1 saturated heterocycles. The standard InChI is InChI=1S/C21H31FN4O6S/c1-21(2,3)32-20(28)25-12-16(11-22)14-31-19-5-4-17(13-24-19)33(29,30)26-8-6-15(7-9-26)10-18(23)27/h4-5,11,13,15H,6-10,12,14H2,1-3H3,(H2,23,27)(H,25,28). The second-order valence-corrected chi connectivity index (χ2v) is 10.7. The fourth-order valence-corrected chi connectivity index (χ4v) is 4.60. The molecule has 1 aromatic rings. The molecule has 1 aromatic heterocycles. The van der Waals surface area contributed by atoms with Crippen LogP contribution in [0, 0.1) is 5.92 Å². The Kier molecular flexibility index (Phi) is 9.17. The number of rotatable bonds is 9. The molecule has 0 saturated carbocycles. The smallest absolute Gasteiger partial charge is 0.407 e. The van der Waals surface area contributed by atoms with Crippen LogP contribution in [-0.4, -0.2) is 61.5 Å². The summed E-state index contributed by atoms with van der Waals surface area (Å²) in [4.78, 5) is 26.7. The molecule has 12 heteroatoms. The zero-order chi connectivity index (χ0) is 24.6. The van der Waals surface area contributed by atoms with Gasteiger partial charge in [-0.3, -0.25) is 4.79 Å². The predicted molar refractivity (Wildman–Crippen MR) is 118 cm³/mol. The minimum atomic E-state index is -3.73. The molecule has 1 aliphatic heterocycles. The summed E-state index contributed by atoms with van der Waals surface area (Å²) in [7, 11) is -3.73. The number of nitrogens with zero attached hydrogens (tertiary/aromatic N) is 2. The van der Waals surface area contributed by atoms with Crippen LogP contribution in [0.25, 0.3) is 0 Å². The van der Waals surface area contributed by atoms with Crippen LogP contribution in [0.15, 0.2) is 35.1 Å². The number of piperidine rings is 1. The molecule has 0 unspecified atom stereocenters. The van der Waals surface area contributed by atoms with Gasteiger partial charge in [-0.05, 0) is 45.6 Å². The van der Waals surface area contributed by atoms with Gasteiger partial charge in [-0.15, -0.1) is 0 Å². The van der Waals surface area contributed by atoms with E-state index in [1.807, 2.05) is 0 Å². The number of nitrogens with two attached hydrogens (primary N) is 1. The summed E-state index contributed by atoms with van der Waals surface area (Å²) in [6.45, 7) is 5.42. The SMILES string of the molecule is CC(C)(C)OC(=O)NCC(=CF)COc1ccc(S(=O)(=O)N2CCC(CC(N)=O)CC2)cn1. The molecule has 0 spiro atoms. The molecule has 10 nitrogen and oxygen atoms in total. The number of carbonyl (C=O) groups is 2. The lowest BCUT2D eigenvalue weighted by molar-refractivity contribution is -0.119. The van der Waals surface area contributed by atoms with Gasteiger partial charge in [-0.2, -0.15) is 4.31 Å². The zero-order valence-corrected chi connectivity index (χ0v) is 19.9. The minimum Gasteiger partial charge on any atom is -0.473 e. The van der Waals surface area contributed by atoms with Gasteiger partial charge in [0, 0.05) is 37.7 Å². The Balaban J connectivity index is 1.87. The van der Waals surface area contributed by atoms with Crippen LogP contribution in [0.1, 0.15) is 40.0 Å². The van der Waals surface area contributed by atoms with E-state index < -0.39 is 21.7 Å². The highest BCUT2D eigenvalue weighted by Gasteiger charge is 2.30. The molecular formula is C21H31FN4O6S. The van der Waals surface area contributed by atoms with E-state index in [0.29, 0.717) is 32.3 Å². The van der Waals surface area contributed by atoms with E-state index in [1.165, 1.54) is 22.6 Å². The summed E-state index contributed by atoms with van der Waals surface area (Å²) in [5, 5.41) is 2.42. The van der Waals surface area contributed by atoms with E-state index in [1.54, 1.807) is 20.8 Å². The average Bonchev–Trinajstić information content (AvgIpc) is 2.73. The summed E-state index contributed by atoms with van der Waals surface area (Å²) in [6, 6.07) is 2.74. The summed E-state index contributed by atoms with van der Waals surface area (Å²) in [5.74, 6) is -0.196. The van der Waals surface area contributed by atoms with Crippen molar-refractivity contribution in [1.29, 1.82) is 0 Å². The molecule has 3 N–H and O–H groups in total. The van der Waals surface area contributed by atoms with Crippen molar-refractivity contribution in [2.75, 3.05) is 26.2 Å². The number of ether oxygens (including phenoxy) is 2. The highest BCUT2D eigenvalue weighted by atomic mass is 32.2. The van der Waals surface area contributed by atoms with Gasteiger partial charge in [-0.1, -0.05) is 0 Å². The van der Waals surface area contributed by atoms with E-state index in [0.717, 1.165) is 0 Å². The molecule has 1 aliphatic rings. The normalized spacial score (nSPS) is 16.3. The Morgan fingerprint density at radius 1 is 1.30 bits per heavy atom. The number of amides is 2. The van der Waals surface area contributed by atoms with Crippen molar-refractivity contribution in [3.05, 3.63) is 30.2 Å². The number of hydrogen-bond acceptors (Lipinski definition) is 7. The molecule has 0 aliphatic carbocycles. The molecule has 2 amide bonds. The Labute approximate surface area is 193 Å². The fraction of sp³-hybridized carbons (Fsp3) is 0.571. The number of hydrogen-bond donors (Lipinski definition) is 2. The Morgan fingerprint density at radius 3 is 2.48 bits per heavy atom. The first-order chi connectivity index (χ1) is 15.4. The maximum Gasteiger partial charge on any atom is 0.407 e. The second-order valence-electron chi connectivity index (χ2n) is 8.76. The summed E-state index contributed by atoms with van der Waals surface area (Å²) in [5.41, 5.74) is 4.68. The van der Waals surface area contributed by atoms with E-state index >= 15 is 0 Å². The molecule has 1 fully saturated rings. The molecular weight excluding hydrogens is 455 g/mol. The van der Waals surface area contributed by atoms with E-state index in [4.69, 9.17) is 15.2 Å². The van der Waals surface area contributed by atoms with Crippen molar-refractivity contribution in [3.8, 4) is 5.88 Å². The van der Waals surface area contributed by atoms with Crippen molar-refractivity contribution >= 4 is 22.0 Å². The van der Waals surface area contributed by atoms with Crippen molar-refractivity contribution in [1.82, 2.24) is 14.6 Å². The molecule has 0 atom stereocenters. The van der Waals surface area contributed by atoms with Gasteiger partial charge < -0.3 is 20.5 Å². The molecule has 2 rings (SSSR count). The van der Waals surface area contributed by atoms with Crippen LogP contribution in [0.4, 0.5) is 9.18 Å². The van der Waals surface area contributed by atoms with Crippen molar-refractivity contribution in [2.45, 2.75) is 50.5 Å². The number of nitrogens with one attached hydrogen (secondary N) is 1. The van der Waals surface area contributed by atoms with Crippen molar-refractivity contribution < 1.29 is 31.9 Å². The quantitative estimate of drug-likeness (QED) is 0.545. The van der Waals surface area contributed by atoms with Gasteiger partial charge in [0.05, 0.1) is 12.5 Å². The zero-order valence-electron chi connectivity index (χ0n) is 19.0. The highest BCUT2D eigenvalue weighted by Crippen LogP contribution is 2.25. The van der Waals surface area contributed by atoms with Crippen molar-refractivity contribution in [2.24, 2.45) is 11.7 Å². The largest absolute Gasteiger partial charge is 0.473 e. The third-order valence-corrected chi connectivity index (χ3v) is 6.71. The monoisotopic (exact) mass is 486 g/mol. The summed E-state index contributed by atoms with van der Waals surface area (Å²) in [6.07, 6.45) is 2.19. The van der Waals surface area contributed by atoms with E-state index in [2.05, 4.69) is 10.3 Å². The second kappa shape index (κ2) is 11.4. The van der Waals surface area contributed by atoms with Crippen LogP contribution >= 0.6 is 0 Å². The van der Waals surface area contributed by atoms with Gasteiger partial charge in [-0.25, -0.2) is 22.6 Å².